The van der Waals surface area contributed by atoms with Crippen LogP contribution in [-0.4, -0.2) is 27.5 Å². The Hall–Kier alpha value is 0.0500. The molecule has 0 unspecified atom stereocenters. The Morgan fingerprint density at radius 3 is 2.67 bits per heavy atom. The van der Waals surface area contributed by atoms with Gasteiger partial charge in [0.25, 0.3) is 0 Å². The number of aryl methyl sites for hydroxylation is 1. The molecule has 2 rings (SSSR count). The molecule has 4 nitrogen and oxygen atoms in total. The lowest BCUT2D eigenvalue weighted by Crippen LogP contribution is -2.56. The molecular weight excluding hydrogens is 300 g/mol. The Morgan fingerprint density at radius 1 is 1.60 bits per heavy atom. The standard InChI is InChI=1S/C8H11BrN2O2S2/c1-5-7(2-8(9)14-5)15(12,13)11-6-3-10-4-6/h2,6,10-11H,3-4H2,1H3. The Labute approximate surface area is 101 Å². The first-order valence-electron chi connectivity index (χ1n) is 4.48. The number of hydrogen-bond donors (Lipinski definition) is 2. The molecule has 1 aliphatic heterocycles. The third-order valence-corrected chi connectivity index (χ3v) is 5.56. The van der Waals surface area contributed by atoms with E-state index in [9.17, 15) is 8.42 Å². The number of hydrogen-bond acceptors (Lipinski definition) is 4. The topological polar surface area (TPSA) is 58.2 Å². The van der Waals surface area contributed by atoms with E-state index in [4.69, 9.17) is 0 Å². The van der Waals surface area contributed by atoms with E-state index in [0.717, 1.165) is 8.66 Å². The van der Waals surface area contributed by atoms with E-state index in [1.165, 1.54) is 11.3 Å². The lowest BCUT2D eigenvalue weighted by Gasteiger charge is -2.27. The van der Waals surface area contributed by atoms with E-state index >= 15 is 0 Å². The molecule has 1 saturated heterocycles. The van der Waals surface area contributed by atoms with E-state index in [-0.39, 0.29) is 6.04 Å². The van der Waals surface area contributed by atoms with Crippen molar-refractivity contribution in [2.75, 3.05) is 13.1 Å². The van der Waals surface area contributed by atoms with Gasteiger partial charge >= 0.3 is 0 Å². The lowest BCUT2D eigenvalue weighted by molar-refractivity contribution is 0.410. The molecule has 0 aliphatic carbocycles. The summed E-state index contributed by atoms with van der Waals surface area (Å²) in [4.78, 5) is 1.19. The Balaban J connectivity index is 2.24. The molecule has 0 spiro atoms. The molecule has 1 aliphatic rings. The van der Waals surface area contributed by atoms with Gasteiger partial charge in [-0.1, -0.05) is 0 Å². The summed E-state index contributed by atoms with van der Waals surface area (Å²) >= 11 is 4.72. The molecule has 84 valence electrons. The number of rotatable bonds is 3. The molecule has 0 saturated carbocycles. The summed E-state index contributed by atoms with van der Waals surface area (Å²) in [5.74, 6) is 0. The van der Waals surface area contributed by atoms with Crippen molar-refractivity contribution in [1.82, 2.24) is 10.0 Å². The quantitative estimate of drug-likeness (QED) is 0.878. The second-order valence-electron chi connectivity index (χ2n) is 3.45. The zero-order valence-corrected chi connectivity index (χ0v) is 11.3. The van der Waals surface area contributed by atoms with E-state index in [0.29, 0.717) is 18.0 Å². The molecule has 0 aromatic carbocycles. The highest BCUT2D eigenvalue weighted by atomic mass is 79.9. The van der Waals surface area contributed by atoms with Gasteiger partial charge in [-0.2, -0.15) is 0 Å². The van der Waals surface area contributed by atoms with Crippen molar-refractivity contribution in [3.05, 3.63) is 14.7 Å². The van der Waals surface area contributed by atoms with Gasteiger partial charge in [0.1, 0.15) is 0 Å². The van der Waals surface area contributed by atoms with Crippen LogP contribution in [0.25, 0.3) is 0 Å². The second kappa shape index (κ2) is 4.14. The fourth-order valence-electron chi connectivity index (χ4n) is 1.35. The maximum Gasteiger partial charge on any atom is 0.242 e. The Kier molecular flexibility index (Phi) is 3.18. The summed E-state index contributed by atoms with van der Waals surface area (Å²) in [5, 5.41) is 3.02. The van der Waals surface area contributed by atoms with Gasteiger partial charge in [-0.05, 0) is 28.9 Å². The molecule has 1 aromatic rings. The van der Waals surface area contributed by atoms with Crippen molar-refractivity contribution >= 4 is 37.3 Å². The Morgan fingerprint density at radius 2 is 2.27 bits per heavy atom. The minimum Gasteiger partial charge on any atom is -0.313 e. The van der Waals surface area contributed by atoms with Crippen molar-refractivity contribution in [2.24, 2.45) is 0 Å². The largest absolute Gasteiger partial charge is 0.313 e. The number of nitrogens with one attached hydrogen (secondary N) is 2. The summed E-state index contributed by atoms with van der Waals surface area (Å²) in [6.45, 7) is 3.23. The van der Waals surface area contributed by atoms with Gasteiger partial charge in [-0.15, -0.1) is 11.3 Å². The summed E-state index contributed by atoms with van der Waals surface area (Å²) in [7, 11) is -3.34. The van der Waals surface area contributed by atoms with Gasteiger partial charge in [0.15, 0.2) is 0 Å². The van der Waals surface area contributed by atoms with Crippen LogP contribution in [0.1, 0.15) is 4.88 Å². The SMILES string of the molecule is Cc1sc(Br)cc1S(=O)(=O)NC1CNC1. The third kappa shape index (κ3) is 2.42. The molecule has 7 heteroatoms. The van der Waals surface area contributed by atoms with Crippen molar-refractivity contribution in [3.63, 3.8) is 0 Å². The minimum atomic E-state index is -3.34. The maximum atomic E-state index is 11.9. The van der Waals surface area contributed by atoms with Crippen molar-refractivity contribution < 1.29 is 8.42 Å². The Bertz CT molecular complexity index is 465. The van der Waals surface area contributed by atoms with Gasteiger partial charge in [0, 0.05) is 24.0 Å². The highest BCUT2D eigenvalue weighted by Gasteiger charge is 2.26. The highest BCUT2D eigenvalue weighted by molar-refractivity contribution is 9.11. The molecule has 0 atom stereocenters. The van der Waals surface area contributed by atoms with Crippen LogP contribution in [0, 0.1) is 6.92 Å². The van der Waals surface area contributed by atoms with E-state index < -0.39 is 10.0 Å². The number of sulfonamides is 1. The average Bonchev–Trinajstić information content (AvgIpc) is 2.39. The van der Waals surface area contributed by atoms with Crippen LogP contribution in [-0.2, 0) is 10.0 Å². The van der Waals surface area contributed by atoms with Crippen molar-refractivity contribution in [3.8, 4) is 0 Å². The third-order valence-electron chi connectivity index (χ3n) is 2.23. The molecule has 0 bridgehead atoms. The van der Waals surface area contributed by atoms with E-state index in [2.05, 4.69) is 26.0 Å². The fraction of sp³-hybridized carbons (Fsp3) is 0.500. The van der Waals surface area contributed by atoms with Crippen LogP contribution in [0.15, 0.2) is 14.7 Å². The fourth-order valence-corrected chi connectivity index (χ4v) is 5.00. The van der Waals surface area contributed by atoms with E-state index in [1.807, 2.05) is 6.92 Å². The zero-order chi connectivity index (χ0) is 11.1. The van der Waals surface area contributed by atoms with Gasteiger partial charge < -0.3 is 5.32 Å². The predicted octanol–water partition coefficient (Wildman–Crippen LogP) is 1.07. The molecule has 2 heterocycles. The van der Waals surface area contributed by atoms with Crippen LogP contribution in [0.5, 0.6) is 0 Å². The maximum absolute atomic E-state index is 11.9. The first-order chi connectivity index (χ1) is 6.99. The summed E-state index contributed by atoms with van der Waals surface area (Å²) in [6, 6.07) is 1.68. The summed E-state index contributed by atoms with van der Waals surface area (Å²) in [5.41, 5.74) is 0. The minimum absolute atomic E-state index is 0.0353. The smallest absolute Gasteiger partial charge is 0.242 e. The summed E-state index contributed by atoms with van der Waals surface area (Å²) in [6.07, 6.45) is 0. The van der Waals surface area contributed by atoms with Crippen LogP contribution < -0.4 is 10.0 Å². The van der Waals surface area contributed by atoms with Gasteiger partial charge in [0.05, 0.1) is 8.68 Å². The molecule has 1 aromatic heterocycles. The van der Waals surface area contributed by atoms with Crippen molar-refractivity contribution in [2.45, 2.75) is 17.9 Å². The predicted molar refractivity (Wildman–Crippen MR) is 63.7 cm³/mol. The molecule has 0 amide bonds. The summed E-state index contributed by atoms with van der Waals surface area (Å²) < 4.78 is 27.3. The lowest BCUT2D eigenvalue weighted by atomic mass is 10.2. The second-order valence-corrected chi connectivity index (χ2v) is 7.77. The van der Waals surface area contributed by atoms with Gasteiger partial charge in [-0.25, -0.2) is 13.1 Å². The highest BCUT2D eigenvalue weighted by Crippen LogP contribution is 2.29. The molecule has 15 heavy (non-hydrogen) atoms. The van der Waals surface area contributed by atoms with Crippen LogP contribution in [0.4, 0.5) is 0 Å². The molecular formula is C8H11BrN2O2S2. The van der Waals surface area contributed by atoms with Crippen LogP contribution in [0.3, 0.4) is 0 Å². The normalized spacial score (nSPS) is 17.7. The molecule has 1 fully saturated rings. The van der Waals surface area contributed by atoms with Gasteiger partial charge in [-0.3, -0.25) is 0 Å². The average molecular weight is 311 g/mol. The van der Waals surface area contributed by atoms with Crippen molar-refractivity contribution in [1.29, 1.82) is 0 Å². The molecule has 2 N–H and O–H groups in total. The molecule has 0 radical (unpaired) electrons. The van der Waals surface area contributed by atoms with Gasteiger partial charge in [0.2, 0.25) is 10.0 Å². The van der Waals surface area contributed by atoms with Crippen LogP contribution >= 0.6 is 27.3 Å². The first kappa shape index (κ1) is 11.5. The number of halogens is 1. The van der Waals surface area contributed by atoms with Crippen LogP contribution in [0.2, 0.25) is 0 Å². The first-order valence-corrected chi connectivity index (χ1v) is 7.57. The van der Waals surface area contributed by atoms with E-state index in [1.54, 1.807) is 6.07 Å². The monoisotopic (exact) mass is 310 g/mol. The zero-order valence-electron chi connectivity index (χ0n) is 8.08. The number of thiophene rings is 1.